The van der Waals surface area contributed by atoms with Gasteiger partial charge in [0.2, 0.25) is 0 Å². The highest BCUT2D eigenvalue weighted by atomic mass is 16.1. The molecule has 0 unspecified atom stereocenters. The molecule has 0 saturated carbocycles. The normalized spacial score (nSPS) is 9.33. The van der Waals surface area contributed by atoms with E-state index in [4.69, 9.17) is 5.73 Å². The van der Waals surface area contributed by atoms with Crippen molar-refractivity contribution in [2.75, 3.05) is 5.73 Å². The van der Waals surface area contributed by atoms with Crippen LogP contribution in [0, 0.1) is 0 Å². The Kier molecular flexibility index (Phi) is 1.26. The van der Waals surface area contributed by atoms with Crippen LogP contribution in [0.25, 0.3) is 0 Å². The molecule has 0 saturated heterocycles. The second-order valence-electron chi connectivity index (χ2n) is 1.75. The lowest BCUT2D eigenvalue weighted by molar-refractivity contribution is 1.18. The van der Waals surface area contributed by atoms with Crippen LogP contribution in [0.5, 0.6) is 0 Å². The van der Waals surface area contributed by atoms with E-state index in [9.17, 15) is 4.79 Å². The standard InChI is InChI=1S/C4H6BN3O/c5-3-4(6)8-2(9)1-7-3/h1H,5H2,(H3,6,8,9). The highest BCUT2D eigenvalue weighted by Gasteiger charge is 1.91. The zero-order valence-corrected chi connectivity index (χ0v) is 5.01. The first-order valence-electron chi connectivity index (χ1n) is 2.51. The molecule has 0 spiro atoms. The maximum atomic E-state index is 10.4. The summed E-state index contributed by atoms with van der Waals surface area (Å²) in [5, 5.41) is 0. The molecule has 0 amide bonds. The maximum Gasteiger partial charge on any atom is 0.267 e. The Labute approximate surface area is 52.5 Å². The van der Waals surface area contributed by atoms with E-state index in [2.05, 4.69) is 9.97 Å². The lowest BCUT2D eigenvalue weighted by Gasteiger charge is -1.93. The largest absolute Gasteiger partial charge is 0.384 e. The average molecular weight is 123 g/mol. The van der Waals surface area contributed by atoms with Gasteiger partial charge in [0.05, 0.1) is 6.20 Å². The molecule has 0 atom stereocenters. The Hall–Kier alpha value is -1.26. The number of aromatic amines is 1. The van der Waals surface area contributed by atoms with Gasteiger partial charge in [-0.05, 0) is 0 Å². The van der Waals surface area contributed by atoms with Crippen molar-refractivity contribution in [3.63, 3.8) is 0 Å². The predicted molar refractivity (Wildman–Crippen MR) is 37.4 cm³/mol. The van der Waals surface area contributed by atoms with Gasteiger partial charge in [-0.3, -0.25) is 9.78 Å². The number of nitrogens with zero attached hydrogens (tertiary/aromatic N) is 1. The Morgan fingerprint density at radius 3 is 2.89 bits per heavy atom. The molecule has 0 aliphatic heterocycles. The number of aromatic nitrogens is 2. The summed E-state index contributed by atoms with van der Waals surface area (Å²) in [6, 6.07) is 0. The van der Waals surface area contributed by atoms with Gasteiger partial charge in [0.1, 0.15) is 5.82 Å². The summed E-state index contributed by atoms with van der Waals surface area (Å²) < 4.78 is 0. The molecule has 9 heavy (non-hydrogen) atoms. The van der Waals surface area contributed by atoms with Gasteiger partial charge in [0.25, 0.3) is 5.56 Å². The SMILES string of the molecule is Bc1ncc(=O)[nH]c1N. The van der Waals surface area contributed by atoms with E-state index in [0.29, 0.717) is 11.4 Å². The van der Waals surface area contributed by atoms with E-state index in [-0.39, 0.29) is 5.56 Å². The molecule has 0 aliphatic carbocycles. The summed E-state index contributed by atoms with van der Waals surface area (Å²) in [6.45, 7) is 0. The molecule has 4 nitrogen and oxygen atoms in total. The molecule has 0 radical (unpaired) electrons. The summed E-state index contributed by atoms with van der Waals surface area (Å²) in [4.78, 5) is 16.6. The van der Waals surface area contributed by atoms with Gasteiger partial charge in [0, 0.05) is 5.59 Å². The van der Waals surface area contributed by atoms with Crippen molar-refractivity contribution in [3.05, 3.63) is 16.6 Å². The Morgan fingerprint density at radius 2 is 2.44 bits per heavy atom. The van der Waals surface area contributed by atoms with Crippen molar-refractivity contribution >= 4 is 19.3 Å². The lowest BCUT2D eigenvalue weighted by atomic mass is 10.1. The number of nitrogens with two attached hydrogens (primary N) is 1. The van der Waals surface area contributed by atoms with Gasteiger partial charge >= 0.3 is 0 Å². The van der Waals surface area contributed by atoms with E-state index in [1.54, 1.807) is 7.85 Å². The van der Waals surface area contributed by atoms with Gasteiger partial charge in [-0.2, -0.15) is 0 Å². The number of H-pyrrole nitrogens is 1. The summed E-state index contributed by atoms with van der Waals surface area (Å²) in [7, 11) is 1.73. The Bertz CT molecular complexity index is 269. The van der Waals surface area contributed by atoms with Crippen LogP contribution < -0.4 is 16.9 Å². The van der Waals surface area contributed by atoms with Gasteiger partial charge in [-0.1, -0.05) is 0 Å². The third kappa shape index (κ3) is 1.10. The minimum atomic E-state index is -0.266. The summed E-state index contributed by atoms with van der Waals surface area (Å²) >= 11 is 0. The van der Waals surface area contributed by atoms with Crippen molar-refractivity contribution in [2.24, 2.45) is 0 Å². The van der Waals surface area contributed by atoms with Crippen molar-refractivity contribution in [1.29, 1.82) is 0 Å². The quantitative estimate of drug-likeness (QED) is 0.378. The van der Waals surface area contributed by atoms with Crippen LogP contribution in [0.2, 0.25) is 0 Å². The summed E-state index contributed by atoms with van der Waals surface area (Å²) in [6.07, 6.45) is 1.20. The van der Waals surface area contributed by atoms with Crippen molar-refractivity contribution in [1.82, 2.24) is 9.97 Å². The van der Waals surface area contributed by atoms with Crippen LogP contribution in [0.3, 0.4) is 0 Å². The van der Waals surface area contributed by atoms with Gasteiger partial charge in [-0.15, -0.1) is 0 Å². The van der Waals surface area contributed by atoms with Crippen LogP contribution in [0.15, 0.2) is 11.0 Å². The van der Waals surface area contributed by atoms with Crippen molar-refractivity contribution in [2.45, 2.75) is 0 Å². The van der Waals surface area contributed by atoms with Crippen LogP contribution in [-0.2, 0) is 0 Å². The molecule has 5 heteroatoms. The average Bonchev–Trinajstić information content (AvgIpc) is 1.80. The number of anilines is 1. The van der Waals surface area contributed by atoms with Crippen molar-refractivity contribution in [3.8, 4) is 0 Å². The molecular formula is C4H6BN3O. The topological polar surface area (TPSA) is 71.8 Å². The third-order valence-electron chi connectivity index (χ3n) is 1.02. The number of nitrogens with one attached hydrogen (secondary N) is 1. The fourth-order valence-corrected chi connectivity index (χ4v) is 0.480. The number of hydrogen-bond donors (Lipinski definition) is 2. The summed E-state index contributed by atoms with van der Waals surface area (Å²) in [5.74, 6) is 0.336. The molecule has 3 N–H and O–H groups in total. The first kappa shape index (κ1) is 5.87. The third-order valence-corrected chi connectivity index (χ3v) is 1.02. The van der Waals surface area contributed by atoms with Gasteiger partial charge < -0.3 is 10.7 Å². The number of rotatable bonds is 0. The molecule has 0 fully saturated rings. The van der Waals surface area contributed by atoms with Gasteiger partial charge in [0.15, 0.2) is 7.85 Å². The Morgan fingerprint density at radius 1 is 1.78 bits per heavy atom. The van der Waals surface area contributed by atoms with E-state index in [1.807, 2.05) is 0 Å². The molecule has 1 rings (SSSR count). The smallest absolute Gasteiger partial charge is 0.267 e. The first-order chi connectivity index (χ1) is 4.20. The molecule has 0 bridgehead atoms. The van der Waals surface area contributed by atoms with E-state index in [1.165, 1.54) is 6.20 Å². The first-order valence-corrected chi connectivity index (χ1v) is 2.51. The monoisotopic (exact) mass is 123 g/mol. The summed E-state index contributed by atoms with van der Waals surface area (Å²) in [5.41, 5.74) is 5.68. The highest BCUT2D eigenvalue weighted by Crippen LogP contribution is 1.76. The lowest BCUT2D eigenvalue weighted by Crippen LogP contribution is -2.22. The van der Waals surface area contributed by atoms with E-state index >= 15 is 0 Å². The molecule has 1 aromatic heterocycles. The minimum Gasteiger partial charge on any atom is -0.384 e. The molecule has 0 aromatic carbocycles. The van der Waals surface area contributed by atoms with Crippen LogP contribution in [0.4, 0.5) is 5.82 Å². The predicted octanol–water partition coefficient (Wildman–Crippen LogP) is -2.39. The minimum absolute atomic E-state index is 0.266. The second-order valence-corrected chi connectivity index (χ2v) is 1.75. The van der Waals surface area contributed by atoms with Gasteiger partial charge in [-0.25, -0.2) is 0 Å². The Balaban J connectivity index is 3.34. The van der Waals surface area contributed by atoms with E-state index < -0.39 is 0 Å². The molecule has 1 aromatic rings. The van der Waals surface area contributed by atoms with Crippen molar-refractivity contribution < 1.29 is 0 Å². The fourth-order valence-electron chi connectivity index (χ4n) is 0.480. The maximum absolute atomic E-state index is 10.4. The fraction of sp³-hybridized carbons (Fsp3) is 0. The van der Waals surface area contributed by atoms with E-state index in [0.717, 1.165) is 0 Å². The number of hydrogen-bond acceptors (Lipinski definition) is 3. The van der Waals surface area contributed by atoms with Crippen LogP contribution in [-0.4, -0.2) is 17.8 Å². The van der Waals surface area contributed by atoms with Crippen LogP contribution in [0.1, 0.15) is 0 Å². The molecule has 46 valence electrons. The zero-order chi connectivity index (χ0) is 6.85. The van der Waals surface area contributed by atoms with Crippen LogP contribution >= 0.6 is 0 Å². The number of nitrogen functional groups attached to an aromatic ring is 1. The highest BCUT2D eigenvalue weighted by molar-refractivity contribution is 6.33. The second kappa shape index (κ2) is 1.93. The molecule has 1 heterocycles. The molecular weight excluding hydrogens is 117 g/mol. The molecule has 0 aliphatic rings. The zero-order valence-electron chi connectivity index (χ0n) is 5.01.